The average molecular weight is 184 g/mol. The number of rotatable bonds is 2. The molecule has 1 heterocycles. The Morgan fingerprint density at radius 3 is 2.77 bits per heavy atom. The number of nitrogens with zero attached hydrogens (tertiary/aromatic N) is 1. The van der Waals surface area contributed by atoms with Crippen LogP contribution < -0.4 is 5.32 Å². The summed E-state index contributed by atoms with van der Waals surface area (Å²) in [6.07, 6.45) is 0. The molecule has 0 unspecified atom stereocenters. The molecule has 1 amide bonds. The van der Waals surface area contributed by atoms with Gasteiger partial charge in [-0.3, -0.25) is 14.5 Å². The molecule has 0 spiro atoms. The number of Topliss-reactive ketones (excluding diaryl/α,β-unsaturated/α-hetero) is 1. The highest BCUT2D eigenvalue weighted by Crippen LogP contribution is 2.16. The highest BCUT2D eigenvalue weighted by molar-refractivity contribution is 5.87. The predicted molar refractivity (Wildman–Crippen MR) is 49.3 cm³/mol. The molecule has 1 N–H and O–H groups in total. The summed E-state index contributed by atoms with van der Waals surface area (Å²) >= 11 is 0. The van der Waals surface area contributed by atoms with E-state index in [1.165, 1.54) is 0 Å². The Morgan fingerprint density at radius 2 is 2.23 bits per heavy atom. The lowest BCUT2D eigenvalue weighted by Crippen LogP contribution is -2.62. The van der Waals surface area contributed by atoms with Gasteiger partial charge < -0.3 is 5.32 Å². The molecular weight excluding hydrogens is 168 g/mol. The van der Waals surface area contributed by atoms with Crippen LogP contribution in [0.4, 0.5) is 0 Å². The van der Waals surface area contributed by atoms with Crippen LogP contribution >= 0.6 is 0 Å². The van der Waals surface area contributed by atoms with Crippen molar-refractivity contribution in [3.05, 3.63) is 0 Å². The Balaban J connectivity index is 2.72. The summed E-state index contributed by atoms with van der Waals surface area (Å²) in [6, 6.07) is 0. The Kier molecular flexibility index (Phi) is 2.71. The second-order valence-electron chi connectivity index (χ2n) is 3.94. The second-order valence-corrected chi connectivity index (χ2v) is 3.94. The molecule has 1 saturated heterocycles. The van der Waals surface area contributed by atoms with E-state index in [2.05, 4.69) is 5.32 Å². The Bertz CT molecular complexity index is 236. The monoisotopic (exact) mass is 184 g/mol. The molecule has 13 heavy (non-hydrogen) atoms. The molecule has 0 aliphatic carbocycles. The van der Waals surface area contributed by atoms with Gasteiger partial charge in [0, 0.05) is 13.1 Å². The number of ketones is 1. The summed E-state index contributed by atoms with van der Waals surface area (Å²) in [4.78, 5) is 24.3. The van der Waals surface area contributed by atoms with Crippen molar-refractivity contribution in [3.8, 4) is 0 Å². The van der Waals surface area contributed by atoms with Crippen molar-refractivity contribution in [3.63, 3.8) is 0 Å². The summed E-state index contributed by atoms with van der Waals surface area (Å²) in [5.74, 6) is 0.0998. The van der Waals surface area contributed by atoms with E-state index >= 15 is 0 Å². The van der Waals surface area contributed by atoms with Gasteiger partial charge >= 0.3 is 0 Å². The van der Waals surface area contributed by atoms with Gasteiger partial charge in [-0.25, -0.2) is 0 Å². The number of carbonyl (C=O) groups excluding carboxylic acids is 2. The van der Waals surface area contributed by atoms with Crippen LogP contribution in [0.3, 0.4) is 0 Å². The van der Waals surface area contributed by atoms with Crippen LogP contribution in [0.5, 0.6) is 0 Å². The average Bonchev–Trinajstić information content (AvgIpc) is 1.99. The van der Waals surface area contributed by atoms with Crippen LogP contribution in [0.25, 0.3) is 0 Å². The van der Waals surface area contributed by atoms with Gasteiger partial charge in [-0.2, -0.15) is 0 Å². The number of nitrogens with one attached hydrogen (secondary N) is 1. The number of piperazine rings is 1. The molecule has 0 aromatic rings. The van der Waals surface area contributed by atoms with E-state index in [9.17, 15) is 9.59 Å². The standard InChI is InChI=1S/C9H16N2O2/c1-7(12)6-11-5-4-10-8(13)9(11,2)3/h4-6H2,1-3H3,(H,10,13). The highest BCUT2D eigenvalue weighted by atomic mass is 16.2. The maximum absolute atomic E-state index is 11.4. The van der Waals surface area contributed by atoms with Gasteiger partial charge in [-0.05, 0) is 20.8 Å². The van der Waals surface area contributed by atoms with Gasteiger partial charge in [0.1, 0.15) is 5.78 Å². The topological polar surface area (TPSA) is 49.4 Å². The molecule has 0 radical (unpaired) electrons. The molecule has 4 heteroatoms. The molecular formula is C9H16N2O2. The lowest BCUT2D eigenvalue weighted by molar-refractivity contribution is -0.136. The van der Waals surface area contributed by atoms with E-state index in [-0.39, 0.29) is 11.7 Å². The first kappa shape index (κ1) is 10.2. The van der Waals surface area contributed by atoms with Crippen molar-refractivity contribution in [2.24, 2.45) is 0 Å². The van der Waals surface area contributed by atoms with Gasteiger partial charge in [0.15, 0.2) is 0 Å². The van der Waals surface area contributed by atoms with Crippen LogP contribution in [0, 0.1) is 0 Å². The van der Waals surface area contributed by atoms with Crippen LogP contribution in [0.1, 0.15) is 20.8 Å². The minimum absolute atomic E-state index is 0.000000000000000444. The number of carbonyl (C=O) groups is 2. The lowest BCUT2D eigenvalue weighted by atomic mass is 9.99. The van der Waals surface area contributed by atoms with Crippen LogP contribution in [0.2, 0.25) is 0 Å². The summed E-state index contributed by atoms with van der Waals surface area (Å²) < 4.78 is 0. The minimum atomic E-state index is -0.552. The van der Waals surface area contributed by atoms with Crippen molar-refractivity contribution in [1.82, 2.24) is 10.2 Å². The fourth-order valence-corrected chi connectivity index (χ4v) is 1.49. The highest BCUT2D eigenvalue weighted by Gasteiger charge is 2.37. The molecule has 74 valence electrons. The molecule has 1 aliphatic heterocycles. The lowest BCUT2D eigenvalue weighted by Gasteiger charge is -2.40. The summed E-state index contributed by atoms with van der Waals surface area (Å²) in [5, 5.41) is 2.78. The van der Waals surface area contributed by atoms with E-state index < -0.39 is 5.54 Å². The molecule has 0 aromatic carbocycles. The second kappa shape index (κ2) is 3.46. The third-order valence-corrected chi connectivity index (χ3v) is 2.43. The van der Waals surface area contributed by atoms with Gasteiger partial charge in [-0.1, -0.05) is 0 Å². The van der Waals surface area contributed by atoms with Crippen molar-refractivity contribution in [2.45, 2.75) is 26.3 Å². The summed E-state index contributed by atoms with van der Waals surface area (Å²) in [5.41, 5.74) is -0.552. The largest absolute Gasteiger partial charge is 0.353 e. The maximum atomic E-state index is 11.4. The molecule has 0 aromatic heterocycles. The Hall–Kier alpha value is -0.900. The molecule has 0 saturated carbocycles. The van der Waals surface area contributed by atoms with Crippen LogP contribution in [-0.2, 0) is 9.59 Å². The zero-order valence-electron chi connectivity index (χ0n) is 8.39. The molecule has 1 rings (SSSR count). The molecule has 1 fully saturated rings. The maximum Gasteiger partial charge on any atom is 0.240 e. The van der Waals surface area contributed by atoms with Gasteiger partial charge in [-0.15, -0.1) is 0 Å². The van der Waals surface area contributed by atoms with Crippen LogP contribution in [0.15, 0.2) is 0 Å². The predicted octanol–water partition coefficient (Wildman–Crippen LogP) is -0.214. The number of amides is 1. The van der Waals surface area contributed by atoms with Crippen LogP contribution in [-0.4, -0.2) is 41.8 Å². The molecule has 0 atom stereocenters. The van der Waals surface area contributed by atoms with Gasteiger partial charge in [0.05, 0.1) is 12.1 Å². The third-order valence-electron chi connectivity index (χ3n) is 2.43. The molecule has 1 aliphatic rings. The summed E-state index contributed by atoms with van der Waals surface area (Å²) in [7, 11) is 0. The van der Waals surface area contributed by atoms with E-state index in [1.807, 2.05) is 18.7 Å². The van der Waals surface area contributed by atoms with Crippen molar-refractivity contribution in [2.75, 3.05) is 19.6 Å². The summed E-state index contributed by atoms with van der Waals surface area (Å²) in [6.45, 7) is 6.96. The first-order valence-electron chi connectivity index (χ1n) is 4.47. The molecule has 0 bridgehead atoms. The van der Waals surface area contributed by atoms with Gasteiger partial charge in [0.25, 0.3) is 0 Å². The quantitative estimate of drug-likeness (QED) is 0.646. The zero-order chi connectivity index (χ0) is 10.1. The van der Waals surface area contributed by atoms with Gasteiger partial charge in [0.2, 0.25) is 5.91 Å². The SMILES string of the molecule is CC(=O)CN1CCNC(=O)C1(C)C. The third kappa shape index (κ3) is 2.06. The minimum Gasteiger partial charge on any atom is -0.353 e. The van der Waals surface area contributed by atoms with Crippen molar-refractivity contribution in [1.29, 1.82) is 0 Å². The van der Waals surface area contributed by atoms with Crippen molar-refractivity contribution < 1.29 is 9.59 Å². The molecule has 4 nitrogen and oxygen atoms in total. The van der Waals surface area contributed by atoms with E-state index in [0.29, 0.717) is 13.1 Å². The van der Waals surface area contributed by atoms with E-state index in [1.54, 1.807) is 6.92 Å². The number of hydrogen-bond donors (Lipinski definition) is 1. The van der Waals surface area contributed by atoms with E-state index in [0.717, 1.165) is 6.54 Å². The first-order valence-corrected chi connectivity index (χ1v) is 4.47. The number of hydrogen-bond acceptors (Lipinski definition) is 3. The fourth-order valence-electron chi connectivity index (χ4n) is 1.49. The Labute approximate surface area is 78.3 Å². The normalized spacial score (nSPS) is 22.5. The zero-order valence-corrected chi connectivity index (χ0v) is 8.39. The smallest absolute Gasteiger partial charge is 0.240 e. The van der Waals surface area contributed by atoms with Crippen molar-refractivity contribution >= 4 is 11.7 Å². The fraction of sp³-hybridized carbons (Fsp3) is 0.778. The first-order chi connectivity index (χ1) is 5.94. The Morgan fingerprint density at radius 1 is 1.62 bits per heavy atom. The van der Waals surface area contributed by atoms with E-state index in [4.69, 9.17) is 0 Å².